The van der Waals surface area contributed by atoms with Crippen molar-refractivity contribution in [3.05, 3.63) is 82.5 Å². The number of oxazole rings is 1. The molecule has 3 aromatic carbocycles. The van der Waals surface area contributed by atoms with Gasteiger partial charge in [-0.05, 0) is 73.9 Å². The molecule has 0 aliphatic heterocycles. The van der Waals surface area contributed by atoms with Crippen LogP contribution in [-0.2, 0) is 0 Å². The highest BCUT2D eigenvalue weighted by molar-refractivity contribution is 7.99. The standard InChI is InChI=1S/C28H25NO5S/c1-18-9-14-24-22(17-18)29-28(34-24)35-16-6-5-15-32-27-25(30)21-7-3-4-8-23(21)33-26(27)19-10-12-20(31-2)13-11-19/h3-4,7-14,17H,5-6,15-16H2,1-2H3. The van der Waals surface area contributed by atoms with Gasteiger partial charge in [0.05, 0.1) is 19.1 Å². The zero-order valence-corrected chi connectivity index (χ0v) is 20.4. The molecule has 0 aliphatic rings. The summed E-state index contributed by atoms with van der Waals surface area (Å²) in [6, 6.07) is 20.6. The van der Waals surface area contributed by atoms with Gasteiger partial charge in [-0.2, -0.15) is 0 Å². The highest BCUT2D eigenvalue weighted by Crippen LogP contribution is 2.32. The number of methoxy groups -OCH3 is 1. The van der Waals surface area contributed by atoms with Gasteiger partial charge in [0.1, 0.15) is 16.8 Å². The molecule has 0 spiro atoms. The van der Waals surface area contributed by atoms with Gasteiger partial charge in [0, 0.05) is 11.3 Å². The largest absolute Gasteiger partial charge is 0.497 e. The topological polar surface area (TPSA) is 74.7 Å². The maximum absolute atomic E-state index is 13.2. The molecule has 0 aliphatic carbocycles. The first-order chi connectivity index (χ1) is 17.1. The Labute approximate surface area is 206 Å². The van der Waals surface area contributed by atoms with E-state index >= 15 is 0 Å². The first-order valence-electron chi connectivity index (χ1n) is 11.5. The fraction of sp³-hybridized carbons (Fsp3) is 0.214. The van der Waals surface area contributed by atoms with Crippen molar-refractivity contribution in [3.8, 4) is 22.8 Å². The zero-order valence-electron chi connectivity index (χ0n) is 19.6. The number of benzene rings is 3. The predicted molar refractivity (Wildman–Crippen MR) is 139 cm³/mol. The number of aryl methyl sites for hydroxylation is 1. The maximum atomic E-state index is 13.2. The number of ether oxygens (including phenoxy) is 2. The molecule has 0 bridgehead atoms. The molecule has 2 heterocycles. The predicted octanol–water partition coefficient (Wildman–Crippen LogP) is 6.87. The lowest BCUT2D eigenvalue weighted by molar-refractivity contribution is 0.302. The van der Waals surface area contributed by atoms with Crippen LogP contribution >= 0.6 is 11.8 Å². The van der Waals surface area contributed by atoms with E-state index in [1.165, 1.54) is 0 Å². The van der Waals surface area contributed by atoms with Crippen molar-refractivity contribution >= 4 is 33.8 Å². The van der Waals surface area contributed by atoms with E-state index in [0.29, 0.717) is 28.6 Å². The number of fused-ring (bicyclic) bond motifs is 2. The number of aromatic nitrogens is 1. The zero-order chi connectivity index (χ0) is 24.2. The number of unbranched alkanes of at least 4 members (excludes halogenated alkanes) is 1. The van der Waals surface area contributed by atoms with E-state index < -0.39 is 0 Å². The Kier molecular flexibility index (Phi) is 6.77. The summed E-state index contributed by atoms with van der Waals surface area (Å²) in [6.45, 7) is 2.44. The van der Waals surface area contributed by atoms with E-state index in [1.807, 2.05) is 61.5 Å². The van der Waals surface area contributed by atoms with Crippen LogP contribution in [0.2, 0.25) is 0 Å². The average molecular weight is 488 g/mol. The van der Waals surface area contributed by atoms with Crippen LogP contribution in [0.3, 0.4) is 0 Å². The highest BCUT2D eigenvalue weighted by atomic mass is 32.2. The molecule has 2 aromatic heterocycles. The van der Waals surface area contributed by atoms with Gasteiger partial charge in [-0.15, -0.1) is 0 Å². The van der Waals surface area contributed by atoms with Gasteiger partial charge < -0.3 is 18.3 Å². The molecule has 5 rings (SSSR count). The molecular weight excluding hydrogens is 462 g/mol. The molecule has 0 saturated heterocycles. The third-order valence-electron chi connectivity index (χ3n) is 5.64. The maximum Gasteiger partial charge on any atom is 0.256 e. The van der Waals surface area contributed by atoms with Crippen LogP contribution in [0.5, 0.6) is 11.5 Å². The summed E-state index contributed by atoms with van der Waals surface area (Å²) in [5.41, 5.74) is 3.95. The van der Waals surface area contributed by atoms with Crippen molar-refractivity contribution in [1.29, 1.82) is 0 Å². The molecule has 0 radical (unpaired) electrons. The van der Waals surface area contributed by atoms with Crippen LogP contribution in [0.4, 0.5) is 0 Å². The molecule has 6 nitrogen and oxygen atoms in total. The van der Waals surface area contributed by atoms with Gasteiger partial charge in [-0.25, -0.2) is 4.98 Å². The number of hydrogen-bond donors (Lipinski definition) is 0. The Morgan fingerprint density at radius 1 is 0.943 bits per heavy atom. The van der Waals surface area contributed by atoms with E-state index in [4.69, 9.17) is 18.3 Å². The van der Waals surface area contributed by atoms with E-state index in [0.717, 1.165) is 46.6 Å². The van der Waals surface area contributed by atoms with Crippen LogP contribution in [0, 0.1) is 6.92 Å². The van der Waals surface area contributed by atoms with Gasteiger partial charge in [0.15, 0.2) is 11.3 Å². The molecule has 0 atom stereocenters. The molecule has 0 unspecified atom stereocenters. The minimum Gasteiger partial charge on any atom is -0.497 e. The number of para-hydroxylation sites is 1. The van der Waals surface area contributed by atoms with Crippen LogP contribution < -0.4 is 14.9 Å². The molecule has 178 valence electrons. The monoisotopic (exact) mass is 487 g/mol. The van der Waals surface area contributed by atoms with Crippen molar-refractivity contribution in [2.45, 2.75) is 25.0 Å². The van der Waals surface area contributed by atoms with E-state index in [1.54, 1.807) is 31.0 Å². The molecule has 0 saturated carbocycles. The summed E-state index contributed by atoms with van der Waals surface area (Å²) in [4.78, 5) is 17.8. The van der Waals surface area contributed by atoms with Crippen LogP contribution in [0.25, 0.3) is 33.4 Å². The normalized spacial score (nSPS) is 11.3. The molecule has 0 amide bonds. The Balaban J connectivity index is 1.26. The Morgan fingerprint density at radius 2 is 1.77 bits per heavy atom. The summed E-state index contributed by atoms with van der Waals surface area (Å²) in [6.07, 6.45) is 1.67. The van der Waals surface area contributed by atoms with Gasteiger partial charge in [0.25, 0.3) is 5.22 Å². The summed E-state index contributed by atoms with van der Waals surface area (Å²) in [5, 5.41) is 1.17. The highest BCUT2D eigenvalue weighted by Gasteiger charge is 2.17. The molecule has 7 heteroatoms. The van der Waals surface area contributed by atoms with Crippen molar-refractivity contribution in [2.24, 2.45) is 0 Å². The van der Waals surface area contributed by atoms with Gasteiger partial charge in [-0.1, -0.05) is 30.0 Å². The number of nitrogens with zero attached hydrogens (tertiary/aromatic N) is 1. The first kappa shape index (κ1) is 23.1. The third-order valence-corrected chi connectivity index (χ3v) is 6.56. The Morgan fingerprint density at radius 3 is 2.60 bits per heavy atom. The lowest BCUT2D eigenvalue weighted by atomic mass is 10.1. The SMILES string of the molecule is COc1ccc(-c2oc3ccccc3c(=O)c2OCCCCSc2nc3cc(C)ccc3o2)cc1. The van der Waals surface area contributed by atoms with Crippen molar-refractivity contribution in [3.63, 3.8) is 0 Å². The van der Waals surface area contributed by atoms with E-state index in [-0.39, 0.29) is 11.2 Å². The lowest BCUT2D eigenvalue weighted by Gasteiger charge is -2.12. The van der Waals surface area contributed by atoms with Gasteiger partial charge in [0.2, 0.25) is 11.2 Å². The minimum atomic E-state index is -0.172. The van der Waals surface area contributed by atoms with Gasteiger partial charge in [-0.3, -0.25) is 4.79 Å². The third kappa shape index (κ3) is 5.05. The number of hydrogen-bond acceptors (Lipinski definition) is 7. The number of rotatable bonds is 9. The Bertz CT molecular complexity index is 1520. The molecular formula is C28H25NO5S. The molecule has 0 fully saturated rings. The lowest BCUT2D eigenvalue weighted by Crippen LogP contribution is -2.11. The van der Waals surface area contributed by atoms with E-state index in [2.05, 4.69) is 4.98 Å². The quantitative estimate of drug-likeness (QED) is 0.166. The Hall–Kier alpha value is -3.71. The smallest absolute Gasteiger partial charge is 0.256 e. The minimum absolute atomic E-state index is 0.172. The molecule has 0 N–H and O–H groups in total. The first-order valence-corrected chi connectivity index (χ1v) is 12.4. The number of thioether (sulfide) groups is 1. The van der Waals surface area contributed by atoms with Crippen LogP contribution in [0.15, 0.2) is 85.6 Å². The summed E-state index contributed by atoms with van der Waals surface area (Å²) in [5.74, 6) is 2.22. The fourth-order valence-electron chi connectivity index (χ4n) is 3.80. The second-order valence-electron chi connectivity index (χ2n) is 8.17. The summed E-state index contributed by atoms with van der Waals surface area (Å²) >= 11 is 1.58. The fourth-order valence-corrected chi connectivity index (χ4v) is 4.64. The second kappa shape index (κ2) is 10.3. The van der Waals surface area contributed by atoms with Crippen molar-refractivity contribution in [2.75, 3.05) is 19.5 Å². The summed E-state index contributed by atoms with van der Waals surface area (Å²) < 4.78 is 23.2. The second-order valence-corrected chi connectivity index (χ2v) is 9.22. The van der Waals surface area contributed by atoms with Gasteiger partial charge >= 0.3 is 0 Å². The van der Waals surface area contributed by atoms with E-state index in [9.17, 15) is 4.79 Å². The summed E-state index contributed by atoms with van der Waals surface area (Å²) in [7, 11) is 1.61. The van der Waals surface area contributed by atoms with Crippen LogP contribution in [0.1, 0.15) is 18.4 Å². The molecule has 5 aromatic rings. The van der Waals surface area contributed by atoms with Crippen molar-refractivity contribution in [1.82, 2.24) is 4.98 Å². The average Bonchev–Trinajstić information content (AvgIpc) is 3.29. The molecule has 35 heavy (non-hydrogen) atoms. The van der Waals surface area contributed by atoms with Crippen LogP contribution in [-0.4, -0.2) is 24.5 Å². The van der Waals surface area contributed by atoms with Crippen molar-refractivity contribution < 1.29 is 18.3 Å².